The molecule has 12 heteroatoms. The lowest BCUT2D eigenvalue weighted by molar-refractivity contribution is -0.380. The molecule has 2 rings (SSSR count). The number of benzene rings is 1. The summed E-state index contributed by atoms with van der Waals surface area (Å²) in [6.45, 7) is 0.123. The van der Waals surface area contributed by atoms with Crippen molar-refractivity contribution in [1.29, 1.82) is 0 Å². The van der Waals surface area contributed by atoms with Gasteiger partial charge in [-0.05, 0) is 36.0 Å². The van der Waals surface area contributed by atoms with E-state index in [0.29, 0.717) is 5.69 Å². The SMILES string of the molecule is O=C(CCCN(c1cccc(Br)c1)S(=O)[O-])Nc1ncc([N+](=O)[O-])s1. The molecule has 0 bridgehead atoms. The first-order chi connectivity index (χ1) is 11.9. The summed E-state index contributed by atoms with van der Waals surface area (Å²) in [5.41, 5.74) is 0.485. The summed E-state index contributed by atoms with van der Waals surface area (Å²) in [4.78, 5) is 25.6. The number of carbonyl (C=O) groups excluding carboxylic acids is 1. The predicted molar refractivity (Wildman–Crippen MR) is 97.0 cm³/mol. The Morgan fingerprint density at radius 2 is 2.24 bits per heavy atom. The minimum Gasteiger partial charge on any atom is -0.755 e. The van der Waals surface area contributed by atoms with Crippen molar-refractivity contribution in [2.75, 3.05) is 16.2 Å². The number of nitrogens with zero attached hydrogens (tertiary/aromatic N) is 3. The van der Waals surface area contributed by atoms with Crippen LogP contribution in [0.4, 0.5) is 15.8 Å². The number of rotatable bonds is 8. The molecule has 1 aromatic carbocycles. The third-order valence-electron chi connectivity index (χ3n) is 2.96. The molecular formula is C13H12BrN4O5S2-. The van der Waals surface area contributed by atoms with Crippen LogP contribution in [0.1, 0.15) is 12.8 Å². The van der Waals surface area contributed by atoms with E-state index in [1.54, 1.807) is 24.3 Å². The van der Waals surface area contributed by atoms with Crippen molar-refractivity contribution in [2.45, 2.75) is 12.8 Å². The minimum atomic E-state index is -2.47. The Morgan fingerprint density at radius 1 is 1.48 bits per heavy atom. The van der Waals surface area contributed by atoms with Gasteiger partial charge >= 0.3 is 5.00 Å². The van der Waals surface area contributed by atoms with Crippen LogP contribution in [0.15, 0.2) is 34.9 Å². The first kappa shape index (κ1) is 19.4. The summed E-state index contributed by atoms with van der Waals surface area (Å²) in [5.74, 6) is -0.393. The van der Waals surface area contributed by atoms with E-state index in [9.17, 15) is 23.7 Å². The molecule has 1 unspecified atom stereocenters. The normalized spacial score (nSPS) is 11.8. The largest absolute Gasteiger partial charge is 0.755 e. The summed E-state index contributed by atoms with van der Waals surface area (Å²) in [7, 11) is 0. The molecular weight excluding hydrogens is 436 g/mol. The maximum absolute atomic E-state index is 11.8. The Hall–Kier alpha value is -1.89. The number of hydrogen-bond acceptors (Lipinski definition) is 7. The summed E-state index contributed by atoms with van der Waals surface area (Å²) >= 11 is 1.56. The van der Waals surface area contributed by atoms with Crippen LogP contribution < -0.4 is 9.62 Å². The smallest absolute Gasteiger partial charge is 0.345 e. The van der Waals surface area contributed by atoms with Crippen molar-refractivity contribution in [2.24, 2.45) is 0 Å². The molecule has 0 saturated carbocycles. The Balaban J connectivity index is 1.87. The molecule has 1 heterocycles. The molecule has 0 aliphatic rings. The number of nitro groups is 1. The van der Waals surface area contributed by atoms with E-state index in [1.165, 1.54) is 0 Å². The molecule has 0 aliphatic carbocycles. The molecule has 1 N–H and O–H groups in total. The van der Waals surface area contributed by atoms with E-state index in [0.717, 1.165) is 26.3 Å². The number of halogens is 1. The minimum absolute atomic E-state index is 0.0507. The summed E-state index contributed by atoms with van der Waals surface area (Å²) in [6.07, 6.45) is 1.39. The van der Waals surface area contributed by atoms with Crippen LogP contribution in [0.5, 0.6) is 0 Å². The van der Waals surface area contributed by atoms with Crippen molar-refractivity contribution in [3.63, 3.8) is 0 Å². The molecule has 0 fully saturated rings. The number of carbonyl (C=O) groups is 1. The van der Waals surface area contributed by atoms with Crippen molar-refractivity contribution < 1.29 is 18.5 Å². The average Bonchev–Trinajstić information content (AvgIpc) is 3.00. The number of thiazole rings is 1. The fourth-order valence-corrected chi connectivity index (χ4v) is 3.49. The Morgan fingerprint density at radius 3 is 2.84 bits per heavy atom. The van der Waals surface area contributed by atoms with Gasteiger partial charge < -0.3 is 14.2 Å². The van der Waals surface area contributed by atoms with Gasteiger partial charge in [-0.15, -0.1) is 0 Å². The first-order valence-electron chi connectivity index (χ1n) is 6.89. The zero-order valence-corrected chi connectivity index (χ0v) is 15.8. The number of anilines is 2. The van der Waals surface area contributed by atoms with Gasteiger partial charge in [0.25, 0.3) is 0 Å². The van der Waals surface area contributed by atoms with Gasteiger partial charge in [-0.2, -0.15) is 0 Å². The second-order valence-electron chi connectivity index (χ2n) is 4.71. The standard InChI is InChI=1S/C13H13BrN4O5S2/c14-9-3-1-4-10(7-9)17(25(22)23)6-2-5-11(19)16-13-15-8-12(24-13)18(20)21/h1,3-4,7-8H,2,5-6H2,(H,22,23)(H,15,16,19)/p-1. The van der Waals surface area contributed by atoms with E-state index in [4.69, 9.17) is 0 Å². The van der Waals surface area contributed by atoms with Gasteiger partial charge in [0.1, 0.15) is 6.20 Å². The van der Waals surface area contributed by atoms with E-state index < -0.39 is 22.1 Å². The average molecular weight is 448 g/mol. The molecule has 25 heavy (non-hydrogen) atoms. The summed E-state index contributed by atoms with van der Waals surface area (Å²) in [5, 5.41) is 13.0. The molecule has 9 nitrogen and oxygen atoms in total. The molecule has 1 atom stereocenters. The third kappa shape index (κ3) is 5.85. The zero-order chi connectivity index (χ0) is 18.4. The fourth-order valence-electron chi connectivity index (χ4n) is 1.89. The van der Waals surface area contributed by atoms with Crippen LogP contribution in [0.3, 0.4) is 0 Å². The molecule has 2 aromatic rings. The molecule has 0 aliphatic heterocycles. The Kier molecular flexibility index (Phi) is 6.99. The Labute approximate surface area is 157 Å². The van der Waals surface area contributed by atoms with Gasteiger partial charge in [0.2, 0.25) is 5.91 Å². The number of nitrogens with one attached hydrogen (secondary N) is 1. The highest BCUT2D eigenvalue weighted by Gasteiger charge is 2.14. The van der Waals surface area contributed by atoms with Gasteiger partial charge in [-0.25, -0.2) is 4.98 Å². The molecule has 0 saturated heterocycles. The van der Waals surface area contributed by atoms with Gasteiger partial charge in [0.15, 0.2) is 5.13 Å². The molecule has 0 radical (unpaired) electrons. The van der Waals surface area contributed by atoms with E-state index >= 15 is 0 Å². The molecule has 1 amide bonds. The van der Waals surface area contributed by atoms with Crippen LogP contribution in [-0.4, -0.2) is 31.1 Å². The first-order valence-corrected chi connectivity index (χ1v) is 9.53. The van der Waals surface area contributed by atoms with Crippen LogP contribution in [-0.2, 0) is 16.1 Å². The van der Waals surface area contributed by atoms with Crippen LogP contribution in [0, 0.1) is 10.1 Å². The Bertz CT molecular complexity index is 800. The van der Waals surface area contributed by atoms with Gasteiger partial charge in [-0.1, -0.05) is 22.0 Å². The van der Waals surface area contributed by atoms with Gasteiger partial charge in [-0.3, -0.25) is 19.1 Å². The summed E-state index contributed by atoms with van der Waals surface area (Å²) in [6, 6.07) is 6.79. The van der Waals surface area contributed by atoms with E-state index in [2.05, 4.69) is 26.2 Å². The van der Waals surface area contributed by atoms with Crippen molar-refractivity contribution in [1.82, 2.24) is 4.98 Å². The quantitative estimate of drug-likeness (QED) is 0.376. The highest BCUT2D eigenvalue weighted by atomic mass is 79.9. The zero-order valence-electron chi connectivity index (χ0n) is 12.6. The van der Waals surface area contributed by atoms with E-state index in [1.807, 2.05) is 0 Å². The lowest BCUT2D eigenvalue weighted by atomic mass is 10.2. The van der Waals surface area contributed by atoms with Gasteiger partial charge in [0.05, 0.1) is 4.92 Å². The van der Waals surface area contributed by atoms with Crippen molar-refractivity contribution in [3.8, 4) is 0 Å². The maximum Gasteiger partial charge on any atom is 0.345 e. The van der Waals surface area contributed by atoms with Crippen LogP contribution in [0.25, 0.3) is 0 Å². The topological polar surface area (TPSA) is 128 Å². The van der Waals surface area contributed by atoms with Crippen molar-refractivity contribution >= 4 is 60.3 Å². The highest BCUT2D eigenvalue weighted by Crippen LogP contribution is 2.25. The lowest BCUT2D eigenvalue weighted by Gasteiger charge is -2.26. The molecule has 1 aromatic heterocycles. The van der Waals surface area contributed by atoms with Crippen LogP contribution >= 0.6 is 27.3 Å². The predicted octanol–water partition coefficient (Wildman–Crippen LogP) is 2.83. The van der Waals surface area contributed by atoms with Gasteiger partial charge in [0, 0.05) is 34.4 Å². The maximum atomic E-state index is 11.8. The van der Waals surface area contributed by atoms with Crippen molar-refractivity contribution in [3.05, 3.63) is 45.0 Å². The second-order valence-corrected chi connectivity index (χ2v) is 7.51. The van der Waals surface area contributed by atoms with E-state index in [-0.39, 0.29) is 29.5 Å². The third-order valence-corrected chi connectivity index (χ3v) is 5.07. The monoisotopic (exact) mass is 447 g/mol. The fraction of sp³-hybridized carbons (Fsp3) is 0.231. The highest BCUT2D eigenvalue weighted by molar-refractivity contribution is 9.10. The second kappa shape index (κ2) is 8.99. The van der Waals surface area contributed by atoms with Crippen LogP contribution in [0.2, 0.25) is 0 Å². The summed E-state index contributed by atoms with van der Waals surface area (Å²) < 4.78 is 24.6. The number of hydrogen-bond donors (Lipinski definition) is 1. The number of aromatic nitrogens is 1. The molecule has 134 valence electrons. The molecule has 0 spiro atoms. The lowest BCUT2D eigenvalue weighted by Crippen LogP contribution is -2.27. The number of amides is 1.